The molecule has 0 aromatic heterocycles. The molecule has 0 bridgehead atoms. The van der Waals surface area contributed by atoms with Crippen molar-refractivity contribution in [1.29, 1.82) is 0 Å². The highest BCUT2D eigenvalue weighted by Gasteiger charge is 2.44. The van der Waals surface area contributed by atoms with Crippen LogP contribution in [0.3, 0.4) is 0 Å². The molecule has 0 unspecified atom stereocenters. The van der Waals surface area contributed by atoms with Crippen LogP contribution in [0.25, 0.3) is 11.1 Å². The van der Waals surface area contributed by atoms with Gasteiger partial charge in [-0.15, -0.1) is 22.2 Å². The summed E-state index contributed by atoms with van der Waals surface area (Å²) in [5, 5.41) is 2.65. The van der Waals surface area contributed by atoms with Gasteiger partial charge in [0.25, 0.3) is 0 Å². The first-order chi connectivity index (χ1) is 7.62. The summed E-state index contributed by atoms with van der Waals surface area (Å²) in [4.78, 5) is 0. The summed E-state index contributed by atoms with van der Waals surface area (Å²) in [6.07, 6.45) is 0. The van der Waals surface area contributed by atoms with E-state index in [1.54, 1.807) is 0 Å². The minimum Gasteiger partial charge on any atom is -0.133 e. The average molecular weight is 286 g/mol. The van der Waals surface area contributed by atoms with E-state index in [0.29, 0.717) is 5.02 Å². The lowest BCUT2D eigenvalue weighted by molar-refractivity contribution is 1.71. The summed E-state index contributed by atoms with van der Waals surface area (Å²) in [5.41, 5.74) is 2.21. The molecule has 0 spiro atoms. The predicted molar refractivity (Wildman–Crippen MR) is 73.6 cm³/mol. The van der Waals surface area contributed by atoms with Gasteiger partial charge in [-0.25, -0.2) is 0 Å². The zero-order valence-corrected chi connectivity index (χ0v) is 11.4. The van der Waals surface area contributed by atoms with Gasteiger partial charge in [0.2, 0.25) is 0 Å². The topological polar surface area (TPSA) is 0 Å². The lowest BCUT2D eigenvalue weighted by Gasteiger charge is -2.13. The van der Waals surface area contributed by atoms with Crippen molar-refractivity contribution >= 4 is 50.8 Å². The Bertz CT molecular complexity index is 578. The summed E-state index contributed by atoms with van der Waals surface area (Å²) in [5.74, 6) is 0. The zero-order chi connectivity index (χ0) is 11.3. The van der Waals surface area contributed by atoms with Crippen molar-refractivity contribution in [2.24, 2.45) is 0 Å². The van der Waals surface area contributed by atoms with E-state index in [2.05, 4.69) is 0 Å². The minimum atomic E-state index is -2.61. The van der Waals surface area contributed by atoms with Crippen molar-refractivity contribution in [1.82, 2.24) is 0 Å². The number of rotatable bonds is 0. The van der Waals surface area contributed by atoms with E-state index in [-0.39, 0.29) is 0 Å². The van der Waals surface area contributed by atoms with Gasteiger partial charge in [0.1, 0.15) is 0 Å². The second-order valence-electron chi connectivity index (χ2n) is 3.78. The molecule has 2 aromatic rings. The number of halogens is 3. The summed E-state index contributed by atoms with van der Waals surface area (Å²) in [7, 11) is 0. The van der Waals surface area contributed by atoms with Gasteiger partial charge in [0.15, 0.2) is 0 Å². The van der Waals surface area contributed by atoms with Crippen LogP contribution in [0.1, 0.15) is 0 Å². The molecule has 3 rings (SSSR count). The van der Waals surface area contributed by atoms with Crippen molar-refractivity contribution in [2.45, 2.75) is 0 Å². The quantitative estimate of drug-likeness (QED) is 0.514. The van der Waals surface area contributed by atoms with Crippen LogP contribution in [0.2, 0.25) is 5.02 Å². The molecule has 1 heterocycles. The molecule has 0 fully saturated rings. The number of hydrogen-bond acceptors (Lipinski definition) is 0. The molecule has 0 amide bonds. The summed E-state index contributed by atoms with van der Waals surface area (Å²) < 4.78 is 0. The largest absolute Gasteiger partial charge is 0.313 e. The Balaban J connectivity index is 2.44. The monoisotopic (exact) mass is 284 g/mol. The Hall–Kier alpha value is -0.473. The molecule has 4 heteroatoms. The molecular formula is C12H7Cl3Si. The first-order valence-electron chi connectivity index (χ1n) is 4.89. The number of hydrogen-bond donors (Lipinski definition) is 0. The molecule has 16 heavy (non-hydrogen) atoms. The second-order valence-corrected chi connectivity index (χ2v) is 10.4. The third-order valence-corrected chi connectivity index (χ3v) is 7.99. The van der Waals surface area contributed by atoms with Crippen molar-refractivity contribution in [3.05, 3.63) is 47.5 Å². The van der Waals surface area contributed by atoms with Crippen LogP contribution in [0, 0.1) is 0 Å². The Kier molecular flexibility index (Phi) is 2.34. The summed E-state index contributed by atoms with van der Waals surface area (Å²) >= 11 is 19.3. The lowest BCUT2D eigenvalue weighted by atomic mass is 10.1. The van der Waals surface area contributed by atoms with Crippen molar-refractivity contribution in [3.8, 4) is 11.1 Å². The molecule has 1 aliphatic heterocycles. The normalized spacial score (nSPS) is 15.7. The maximum Gasteiger partial charge on any atom is 0.313 e. The summed E-state index contributed by atoms with van der Waals surface area (Å²) in [6, 6.07) is 13.8. The Morgan fingerprint density at radius 2 is 1.50 bits per heavy atom. The van der Waals surface area contributed by atoms with Gasteiger partial charge in [-0.2, -0.15) is 0 Å². The Morgan fingerprint density at radius 3 is 2.31 bits per heavy atom. The zero-order valence-electron chi connectivity index (χ0n) is 8.18. The van der Waals surface area contributed by atoms with Gasteiger partial charge in [-0.1, -0.05) is 48.0 Å². The SMILES string of the molecule is Clc1cccc2c1[Si](Cl)(Cl)c1ccccc1-2. The van der Waals surface area contributed by atoms with E-state index in [1.807, 2.05) is 42.5 Å². The van der Waals surface area contributed by atoms with E-state index >= 15 is 0 Å². The molecule has 0 radical (unpaired) electrons. The van der Waals surface area contributed by atoms with Gasteiger partial charge in [-0.05, 0) is 22.4 Å². The van der Waals surface area contributed by atoms with Crippen LogP contribution in [0.4, 0.5) is 0 Å². The van der Waals surface area contributed by atoms with Gasteiger partial charge in [0.05, 0.1) is 0 Å². The first-order valence-corrected chi connectivity index (χ1v) is 9.29. The number of fused-ring (bicyclic) bond motifs is 3. The molecule has 0 saturated carbocycles. The molecule has 2 aromatic carbocycles. The lowest BCUT2D eigenvalue weighted by Crippen LogP contribution is -2.45. The summed E-state index contributed by atoms with van der Waals surface area (Å²) in [6.45, 7) is -2.61. The number of benzene rings is 2. The van der Waals surface area contributed by atoms with E-state index < -0.39 is 6.69 Å². The molecule has 0 saturated heterocycles. The molecule has 0 N–H and O–H groups in total. The first kappa shape index (κ1) is 10.7. The van der Waals surface area contributed by atoms with E-state index in [0.717, 1.165) is 21.5 Å². The molecule has 1 aliphatic rings. The van der Waals surface area contributed by atoms with Crippen LogP contribution >= 0.6 is 33.8 Å². The fraction of sp³-hybridized carbons (Fsp3) is 0. The van der Waals surface area contributed by atoms with Crippen LogP contribution in [0.15, 0.2) is 42.5 Å². The molecule has 0 nitrogen and oxygen atoms in total. The van der Waals surface area contributed by atoms with Gasteiger partial charge >= 0.3 is 6.69 Å². The predicted octanol–water partition coefficient (Wildman–Crippen LogP) is 3.35. The van der Waals surface area contributed by atoms with E-state index in [4.69, 9.17) is 33.8 Å². The van der Waals surface area contributed by atoms with Crippen molar-refractivity contribution in [2.75, 3.05) is 0 Å². The third-order valence-electron chi connectivity index (χ3n) is 2.88. The third kappa shape index (κ3) is 1.29. The van der Waals surface area contributed by atoms with Crippen LogP contribution < -0.4 is 10.4 Å². The second kappa shape index (κ2) is 3.51. The Morgan fingerprint density at radius 1 is 0.812 bits per heavy atom. The van der Waals surface area contributed by atoms with E-state index in [1.165, 1.54) is 0 Å². The van der Waals surface area contributed by atoms with Gasteiger partial charge in [-0.3, -0.25) is 0 Å². The highest BCUT2D eigenvalue weighted by atomic mass is 35.7. The standard InChI is InChI=1S/C12H7Cl3Si/c13-10-6-3-5-9-8-4-1-2-7-11(8)16(14,15)12(9)10/h1-7H. The highest BCUT2D eigenvalue weighted by Crippen LogP contribution is 2.34. The molecular weight excluding hydrogens is 279 g/mol. The van der Waals surface area contributed by atoms with E-state index in [9.17, 15) is 0 Å². The Labute approximate surface area is 109 Å². The fourth-order valence-corrected chi connectivity index (χ4v) is 7.37. The molecule has 80 valence electrons. The maximum absolute atomic E-state index is 6.55. The smallest absolute Gasteiger partial charge is 0.133 e. The van der Waals surface area contributed by atoms with Crippen molar-refractivity contribution < 1.29 is 0 Å². The van der Waals surface area contributed by atoms with Gasteiger partial charge < -0.3 is 0 Å². The van der Waals surface area contributed by atoms with Crippen molar-refractivity contribution in [3.63, 3.8) is 0 Å². The molecule has 0 aliphatic carbocycles. The highest BCUT2D eigenvalue weighted by molar-refractivity contribution is 7.57. The maximum atomic E-state index is 6.55. The molecule has 0 atom stereocenters. The minimum absolute atomic E-state index is 0.672. The van der Waals surface area contributed by atoms with Gasteiger partial charge in [0, 0.05) is 10.2 Å². The average Bonchev–Trinajstić information content (AvgIpc) is 2.50. The van der Waals surface area contributed by atoms with Crippen LogP contribution in [-0.4, -0.2) is 6.69 Å². The fourth-order valence-electron chi connectivity index (χ4n) is 2.19. The van der Waals surface area contributed by atoms with Crippen LogP contribution in [-0.2, 0) is 0 Å². The van der Waals surface area contributed by atoms with Crippen LogP contribution in [0.5, 0.6) is 0 Å².